The summed E-state index contributed by atoms with van der Waals surface area (Å²) in [6.07, 6.45) is 4.22. The van der Waals surface area contributed by atoms with E-state index in [1.165, 1.54) is 0 Å². The van der Waals surface area contributed by atoms with Gasteiger partial charge in [-0.2, -0.15) is 11.8 Å². The average Bonchev–Trinajstić information content (AvgIpc) is 1.78. The normalized spacial score (nSPS) is 12.8. The van der Waals surface area contributed by atoms with Gasteiger partial charge >= 0.3 is 0 Å². The van der Waals surface area contributed by atoms with Gasteiger partial charge < -0.3 is 5.73 Å². The molecular formula is C8H17NS. The van der Waals surface area contributed by atoms with Crippen LogP contribution in [-0.4, -0.2) is 17.0 Å². The third-order valence-electron chi connectivity index (χ3n) is 0.924. The summed E-state index contributed by atoms with van der Waals surface area (Å²) in [6, 6.07) is 0. The molecule has 0 saturated carbocycles. The molecule has 1 nitrogen and oxygen atoms in total. The number of rotatable bonds is 4. The van der Waals surface area contributed by atoms with Crippen molar-refractivity contribution in [3.63, 3.8) is 0 Å². The summed E-state index contributed by atoms with van der Waals surface area (Å²) in [5, 5.41) is 0. The van der Waals surface area contributed by atoms with Gasteiger partial charge in [0.1, 0.15) is 0 Å². The predicted molar refractivity (Wildman–Crippen MR) is 50.4 cm³/mol. The van der Waals surface area contributed by atoms with E-state index >= 15 is 0 Å². The fraction of sp³-hybridized carbons (Fsp3) is 0.750. The van der Waals surface area contributed by atoms with Crippen LogP contribution in [0.5, 0.6) is 0 Å². The topological polar surface area (TPSA) is 26.0 Å². The summed E-state index contributed by atoms with van der Waals surface area (Å²) in [6.45, 7) is 6.14. The van der Waals surface area contributed by atoms with Crippen LogP contribution in [0.1, 0.15) is 20.8 Å². The molecule has 0 aliphatic heterocycles. The Bertz CT molecular complexity index is 102. The Morgan fingerprint density at radius 2 is 2.10 bits per heavy atom. The summed E-state index contributed by atoms with van der Waals surface area (Å²) < 4.78 is 0. The van der Waals surface area contributed by atoms with E-state index in [2.05, 4.69) is 26.0 Å². The van der Waals surface area contributed by atoms with Crippen molar-refractivity contribution < 1.29 is 0 Å². The Morgan fingerprint density at radius 3 is 2.50 bits per heavy atom. The van der Waals surface area contributed by atoms with Crippen molar-refractivity contribution in [1.82, 2.24) is 0 Å². The number of nitrogens with two attached hydrogens (primary N) is 1. The molecule has 0 fully saturated rings. The van der Waals surface area contributed by atoms with E-state index in [0.29, 0.717) is 0 Å². The van der Waals surface area contributed by atoms with Crippen LogP contribution in [0.2, 0.25) is 0 Å². The molecule has 0 saturated heterocycles. The van der Waals surface area contributed by atoms with E-state index in [9.17, 15) is 0 Å². The number of hydrogen-bond acceptors (Lipinski definition) is 2. The monoisotopic (exact) mass is 159 g/mol. The van der Waals surface area contributed by atoms with Gasteiger partial charge in [-0.05, 0) is 20.8 Å². The minimum atomic E-state index is -0.0216. The molecule has 0 rings (SSSR count). The van der Waals surface area contributed by atoms with Crippen molar-refractivity contribution in [1.29, 1.82) is 0 Å². The number of thioether (sulfide) groups is 1. The molecule has 2 heteroatoms. The maximum absolute atomic E-state index is 5.77. The van der Waals surface area contributed by atoms with Crippen molar-refractivity contribution in [2.45, 2.75) is 26.3 Å². The zero-order valence-corrected chi connectivity index (χ0v) is 7.87. The van der Waals surface area contributed by atoms with Gasteiger partial charge in [-0.15, -0.1) is 0 Å². The highest BCUT2D eigenvalue weighted by molar-refractivity contribution is 7.99. The standard InChI is InChI=1S/C8H17NS/c1-4-5-6-10-7-8(2,3)9/h4-5H,6-7,9H2,1-3H3. The maximum atomic E-state index is 5.77. The van der Waals surface area contributed by atoms with Crippen LogP contribution >= 0.6 is 11.8 Å². The third-order valence-corrected chi connectivity index (χ3v) is 2.30. The molecule has 0 heterocycles. The Labute approximate surface area is 68.1 Å². The molecule has 0 atom stereocenters. The van der Waals surface area contributed by atoms with E-state index in [-0.39, 0.29) is 5.54 Å². The second-order valence-electron chi connectivity index (χ2n) is 3.07. The molecule has 0 amide bonds. The zero-order chi connectivity index (χ0) is 8.04. The smallest absolute Gasteiger partial charge is 0.0188 e. The first-order valence-corrected chi connectivity index (χ1v) is 4.69. The van der Waals surface area contributed by atoms with Crippen LogP contribution in [0.15, 0.2) is 12.2 Å². The fourth-order valence-corrected chi connectivity index (χ4v) is 1.46. The molecular weight excluding hydrogens is 142 g/mol. The van der Waals surface area contributed by atoms with Crippen LogP contribution in [0.3, 0.4) is 0 Å². The van der Waals surface area contributed by atoms with E-state index in [1.807, 2.05) is 18.7 Å². The Hall–Kier alpha value is 0.0500. The van der Waals surface area contributed by atoms with Gasteiger partial charge in [0.2, 0.25) is 0 Å². The van der Waals surface area contributed by atoms with Crippen LogP contribution in [0, 0.1) is 0 Å². The van der Waals surface area contributed by atoms with Gasteiger partial charge in [-0.3, -0.25) is 0 Å². The van der Waals surface area contributed by atoms with Crippen molar-refractivity contribution in [3.05, 3.63) is 12.2 Å². The largest absolute Gasteiger partial charge is 0.325 e. The van der Waals surface area contributed by atoms with Gasteiger partial charge in [0.25, 0.3) is 0 Å². The number of hydrogen-bond donors (Lipinski definition) is 1. The molecule has 0 unspecified atom stereocenters. The summed E-state index contributed by atoms with van der Waals surface area (Å²) in [4.78, 5) is 0. The lowest BCUT2D eigenvalue weighted by atomic mass is 10.1. The van der Waals surface area contributed by atoms with Crippen molar-refractivity contribution in [2.75, 3.05) is 11.5 Å². The highest BCUT2D eigenvalue weighted by atomic mass is 32.2. The summed E-state index contributed by atoms with van der Waals surface area (Å²) in [5.74, 6) is 2.11. The third kappa shape index (κ3) is 8.05. The molecule has 0 aliphatic carbocycles. The molecule has 0 spiro atoms. The molecule has 0 aromatic carbocycles. The molecule has 0 aromatic heterocycles. The highest BCUT2D eigenvalue weighted by Gasteiger charge is 2.08. The minimum absolute atomic E-state index is 0.0216. The van der Waals surface area contributed by atoms with Crippen LogP contribution in [0.4, 0.5) is 0 Å². The van der Waals surface area contributed by atoms with E-state index < -0.39 is 0 Å². The quantitative estimate of drug-likeness (QED) is 0.502. The van der Waals surface area contributed by atoms with Crippen LogP contribution in [-0.2, 0) is 0 Å². The van der Waals surface area contributed by atoms with Gasteiger partial charge in [0.05, 0.1) is 0 Å². The second-order valence-corrected chi connectivity index (χ2v) is 4.10. The van der Waals surface area contributed by atoms with Crippen molar-refractivity contribution in [2.24, 2.45) is 5.73 Å². The summed E-state index contributed by atoms with van der Waals surface area (Å²) in [5.41, 5.74) is 5.75. The predicted octanol–water partition coefficient (Wildman–Crippen LogP) is 2.03. The van der Waals surface area contributed by atoms with Crippen LogP contribution < -0.4 is 5.73 Å². The average molecular weight is 159 g/mol. The number of allylic oxidation sites excluding steroid dienone is 1. The molecule has 0 aliphatic rings. The maximum Gasteiger partial charge on any atom is 0.0188 e. The summed E-state index contributed by atoms with van der Waals surface area (Å²) in [7, 11) is 0. The molecule has 60 valence electrons. The first kappa shape index (κ1) is 10.0. The Kier molecular flexibility index (Phi) is 4.83. The lowest BCUT2D eigenvalue weighted by Gasteiger charge is -2.16. The first-order valence-electron chi connectivity index (χ1n) is 3.54. The highest BCUT2D eigenvalue weighted by Crippen LogP contribution is 2.09. The lowest BCUT2D eigenvalue weighted by Crippen LogP contribution is -2.34. The molecule has 0 bridgehead atoms. The van der Waals surface area contributed by atoms with E-state index in [0.717, 1.165) is 11.5 Å². The van der Waals surface area contributed by atoms with Crippen molar-refractivity contribution >= 4 is 11.8 Å². The Balaban J connectivity index is 3.20. The molecule has 0 aromatic rings. The van der Waals surface area contributed by atoms with Gasteiger partial charge in [0.15, 0.2) is 0 Å². The Morgan fingerprint density at radius 1 is 1.50 bits per heavy atom. The SMILES string of the molecule is CC=CCSCC(C)(C)N. The van der Waals surface area contributed by atoms with Gasteiger partial charge in [0, 0.05) is 17.0 Å². The van der Waals surface area contributed by atoms with Gasteiger partial charge in [-0.25, -0.2) is 0 Å². The molecule has 10 heavy (non-hydrogen) atoms. The van der Waals surface area contributed by atoms with Gasteiger partial charge in [-0.1, -0.05) is 12.2 Å². The van der Waals surface area contributed by atoms with Crippen molar-refractivity contribution in [3.8, 4) is 0 Å². The van der Waals surface area contributed by atoms with E-state index in [4.69, 9.17) is 5.73 Å². The fourth-order valence-electron chi connectivity index (χ4n) is 0.486. The second kappa shape index (κ2) is 4.80. The molecule has 2 N–H and O–H groups in total. The lowest BCUT2D eigenvalue weighted by molar-refractivity contribution is 0.591. The first-order chi connectivity index (χ1) is 4.56. The van der Waals surface area contributed by atoms with E-state index in [1.54, 1.807) is 0 Å². The van der Waals surface area contributed by atoms with Crippen LogP contribution in [0.25, 0.3) is 0 Å². The minimum Gasteiger partial charge on any atom is -0.325 e. The zero-order valence-electron chi connectivity index (χ0n) is 7.05. The molecule has 0 radical (unpaired) electrons. The summed E-state index contributed by atoms with van der Waals surface area (Å²) >= 11 is 1.87.